The molecule has 4 rings (SSSR count). The number of epoxide rings is 1. The van der Waals surface area contributed by atoms with Gasteiger partial charge in [0, 0.05) is 16.5 Å². The van der Waals surface area contributed by atoms with Crippen molar-refractivity contribution in [1.82, 2.24) is 4.57 Å². The molecule has 6 heteroatoms. The Balaban J connectivity index is 1.95. The Morgan fingerprint density at radius 2 is 2.00 bits per heavy atom. The van der Waals surface area contributed by atoms with Crippen LogP contribution in [0.4, 0.5) is 0 Å². The quantitative estimate of drug-likeness (QED) is 0.618. The molecule has 0 radical (unpaired) electrons. The summed E-state index contributed by atoms with van der Waals surface area (Å²) < 4.78 is 18.8. The molecule has 1 fully saturated rings. The molecule has 0 spiro atoms. The van der Waals surface area contributed by atoms with Crippen molar-refractivity contribution >= 4 is 22.5 Å². The lowest BCUT2D eigenvalue weighted by Crippen LogP contribution is -2.13. The van der Waals surface area contributed by atoms with Crippen molar-refractivity contribution in [2.24, 2.45) is 0 Å². The molecule has 1 unspecified atom stereocenters. The number of para-hydroxylation sites is 1. The third-order valence-electron chi connectivity index (χ3n) is 4.17. The van der Waals surface area contributed by atoms with E-state index in [0.717, 1.165) is 11.2 Å². The molecule has 1 aliphatic heterocycles. The Morgan fingerprint density at radius 1 is 1.19 bits per heavy atom. The molecule has 0 amide bonds. The van der Waals surface area contributed by atoms with Gasteiger partial charge in [-0.2, -0.15) is 0 Å². The summed E-state index contributed by atoms with van der Waals surface area (Å²) in [6, 6.07) is 14.3. The van der Waals surface area contributed by atoms with Crippen molar-refractivity contribution in [2.45, 2.75) is 13.0 Å². The Labute approximate surface area is 155 Å². The molecular weight excluding hydrogens is 354 g/mol. The highest BCUT2D eigenvalue weighted by Crippen LogP contribution is 2.33. The average molecular weight is 372 g/mol. The van der Waals surface area contributed by atoms with E-state index < -0.39 is 0 Å². The molecule has 3 aromatic rings. The number of nitrogens with zero attached hydrogens (tertiary/aromatic N) is 1. The van der Waals surface area contributed by atoms with E-state index in [1.54, 1.807) is 12.1 Å². The fourth-order valence-corrected chi connectivity index (χ4v) is 3.05. The van der Waals surface area contributed by atoms with Crippen molar-refractivity contribution in [1.29, 1.82) is 0 Å². The van der Waals surface area contributed by atoms with E-state index in [4.69, 9.17) is 25.8 Å². The van der Waals surface area contributed by atoms with Crippen LogP contribution in [-0.2, 0) is 4.74 Å². The Hall–Kier alpha value is -2.50. The van der Waals surface area contributed by atoms with Crippen molar-refractivity contribution in [3.8, 4) is 17.3 Å². The van der Waals surface area contributed by atoms with Gasteiger partial charge in [0.1, 0.15) is 18.5 Å². The van der Waals surface area contributed by atoms with Gasteiger partial charge in [-0.05, 0) is 37.3 Å². The van der Waals surface area contributed by atoms with Crippen LogP contribution in [0.2, 0.25) is 5.02 Å². The summed E-state index contributed by atoms with van der Waals surface area (Å²) in [4.78, 5) is 12.5. The molecule has 134 valence electrons. The molecule has 0 N–H and O–H groups in total. The van der Waals surface area contributed by atoms with Crippen LogP contribution in [-0.4, -0.2) is 30.5 Å². The first-order valence-electron chi connectivity index (χ1n) is 8.49. The predicted octanol–water partition coefficient (Wildman–Crippen LogP) is 3.82. The monoisotopic (exact) mass is 371 g/mol. The summed E-state index contributed by atoms with van der Waals surface area (Å²) in [5, 5.41) is 1.17. The van der Waals surface area contributed by atoms with Gasteiger partial charge in [0.25, 0.3) is 0 Å². The van der Waals surface area contributed by atoms with Gasteiger partial charge >= 0.3 is 0 Å². The second kappa shape index (κ2) is 7.02. The summed E-state index contributed by atoms with van der Waals surface area (Å²) in [5.74, 6) is 1.10. The van der Waals surface area contributed by atoms with Gasteiger partial charge in [-0.25, -0.2) is 0 Å². The fraction of sp³-hybridized carbons (Fsp3) is 0.250. The number of fused-ring (bicyclic) bond motifs is 1. The highest BCUT2D eigenvalue weighted by atomic mass is 35.5. The first-order valence-corrected chi connectivity index (χ1v) is 8.87. The number of aromatic nitrogens is 1. The molecule has 1 atom stereocenters. The van der Waals surface area contributed by atoms with Crippen molar-refractivity contribution in [3.05, 3.63) is 63.8 Å². The van der Waals surface area contributed by atoms with Crippen molar-refractivity contribution < 1.29 is 14.2 Å². The van der Waals surface area contributed by atoms with E-state index in [9.17, 15) is 4.79 Å². The van der Waals surface area contributed by atoms with E-state index in [0.29, 0.717) is 41.9 Å². The number of benzene rings is 2. The van der Waals surface area contributed by atoms with Gasteiger partial charge in [-0.15, -0.1) is 0 Å². The van der Waals surface area contributed by atoms with Gasteiger partial charge in [0.2, 0.25) is 5.88 Å². The zero-order valence-electron chi connectivity index (χ0n) is 14.3. The van der Waals surface area contributed by atoms with Crippen LogP contribution >= 0.6 is 11.6 Å². The molecule has 5 nitrogen and oxygen atoms in total. The number of rotatable bonds is 6. The molecule has 0 aliphatic carbocycles. The molecule has 2 aromatic carbocycles. The van der Waals surface area contributed by atoms with E-state index >= 15 is 0 Å². The van der Waals surface area contributed by atoms with E-state index in [1.165, 1.54) is 6.07 Å². The van der Waals surface area contributed by atoms with Gasteiger partial charge < -0.3 is 14.2 Å². The van der Waals surface area contributed by atoms with Gasteiger partial charge in [-0.1, -0.05) is 23.7 Å². The zero-order valence-corrected chi connectivity index (χ0v) is 15.0. The maximum absolute atomic E-state index is 12.5. The van der Waals surface area contributed by atoms with Crippen LogP contribution in [0.5, 0.6) is 11.6 Å². The number of hydrogen-bond donors (Lipinski definition) is 0. The third-order valence-corrected chi connectivity index (χ3v) is 4.40. The molecule has 1 aliphatic rings. The summed E-state index contributed by atoms with van der Waals surface area (Å²) in [7, 11) is 0. The number of halogens is 1. The second-order valence-electron chi connectivity index (χ2n) is 6.01. The minimum Gasteiger partial charge on any atom is -0.489 e. The topological polar surface area (TPSA) is 53.0 Å². The molecule has 0 bridgehead atoms. The van der Waals surface area contributed by atoms with E-state index in [2.05, 4.69) is 0 Å². The Kier molecular flexibility index (Phi) is 4.57. The van der Waals surface area contributed by atoms with Crippen LogP contribution in [0, 0.1) is 0 Å². The van der Waals surface area contributed by atoms with Crippen LogP contribution in [0.25, 0.3) is 16.6 Å². The molecule has 2 heterocycles. The highest BCUT2D eigenvalue weighted by Gasteiger charge is 2.24. The van der Waals surface area contributed by atoms with Crippen LogP contribution in [0.1, 0.15) is 6.92 Å². The molecule has 1 aromatic heterocycles. The molecular formula is C20H18ClNO4. The van der Waals surface area contributed by atoms with Crippen LogP contribution in [0.15, 0.2) is 53.3 Å². The van der Waals surface area contributed by atoms with E-state index in [-0.39, 0.29) is 11.5 Å². The van der Waals surface area contributed by atoms with E-state index in [1.807, 2.05) is 41.8 Å². The highest BCUT2D eigenvalue weighted by molar-refractivity contribution is 6.30. The molecule has 26 heavy (non-hydrogen) atoms. The minimum atomic E-state index is -0.0869. The molecule has 0 saturated carbocycles. The lowest BCUT2D eigenvalue weighted by molar-refractivity contribution is 0.261. The number of ether oxygens (including phenoxy) is 3. The largest absolute Gasteiger partial charge is 0.489 e. The van der Waals surface area contributed by atoms with Gasteiger partial charge in [-0.3, -0.25) is 9.36 Å². The summed E-state index contributed by atoms with van der Waals surface area (Å²) in [5.41, 5.74) is 1.37. The SMILES string of the molecule is CCOc1cc(=O)c2ccccc2n1-c1cc(Cl)ccc1OCC1CO1. The third kappa shape index (κ3) is 3.28. The summed E-state index contributed by atoms with van der Waals surface area (Å²) in [6.07, 6.45) is 0.135. The first kappa shape index (κ1) is 16.9. The Bertz CT molecular complexity index is 1010. The maximum atomic E-state index is 12.5. The minimum absolute atomic E-state index is 0.0869. The lowest BCUT2D eigenvalue weighted by Gasteiger charge is -2.19. The summed E-state index contributed by atoms with van der Waals surface area (Å²) >= 11 is 6.26. The Morgan fingerprint density at radius 3 is 2.77 bits per heavy atom. The first-order chi connectivity index (χ1) is 12.7. The second-order valence-corrected chi connectivity index (χ2v) is 6.45. The van der Waals surface area contributed by atoms with Crippen molar-refractivity contribution in [2.75, 3.05) is 19.8 Å². The maximum Gasteiger partial charge on any atom is 0.202 e. The number of hydrogen-bond acceptors (Lipinski definition) is 4. The van der Waals surface area contributed by atoms with Gasteiger partial charge in [0.15, 0.2) is 5.43 Å². The predicted molar refractivity (Wildman–Crippen MR) is 101 cm³/mol. The smallest absolute Gasteiger partial charge is 0.202 e. The lowest BCUT2D eigenvalue weighted by atomic mass is 10.2. The summed E-state index contributed by atoms with van der Waals surface area (Å²) in [6.45, 7) is 3.50. The van der Waals surface area contributed by atoms with Gasteiger partial charge in [0.05, 0.1) is 24.4 Å². The average Bonchev–Trinajstić information content (AvgIpc) is 3.46. The standard InChI is InChI=1S/C20H18ClNO4/c1-2-24-20-10-18(23)15-5-3-4-6-16(15)22(20)17-9-13(21)7-8-19(17)26-12-14-11-25-14/h3-10,14H,2,11-12H2,1H3. The normalized spacial score (nSPS) is 15.8. The van der Waals surface area contributed by atoms with Crippen LogP contribution < -0.4 is 14.9 Å². The number of pyridine rings is 1. The van der Waals surface area contributed by atoms with Crippen molar-refractivity contribution in [3.63, 3.8) is 0 Å². The fourth-order valence-electron chi connectivity index (χ4n) is 2.89. The molecule has 1 saturated heterocycles. The van der Waals surface area contributed by atoms with Crippen LogP contribution in [0.3, 0.4) is 0 Å². The zero-order chi connectivity index (χ0) is 18.1.